The van der Waals surface area contributed by atoms with Crippen LogP contribution in [0.4, 0.5) is 4.39 Å². The predicted molar refractivity (Wildman–Crippen MR) is 88.2 cm³/mol. The second kappa shape index (κ2) is 6.40. The minimum atomic E-state index is -1.66. The second-order valence-corrected chi connectivity index (χ2v) is 8.48. The third-order valence-electron chi connectivity index (χ3n) is 4.65. The van der Waals surface area contributed by atoms with Gasteiger partial charge in [0.15, 0.2) is 0 Å². The van der Waals surface area contributed by atoms with E-state index in [4.69, 9.17) is 39.5 Å². The van der Waals surface area contributed by atoms with Crippen LogP contribution in [0.1, 0.15) is 31.2 Å². The fraction of sp³-hybridized carbons (Fsp3) is 0.562. The topological polar surface area (TPSA) is 29.5 Å². The molecule has 7 heteroatoms. The van der Waals surface area contributed by atoms with Crippen molar-refractivity contribution in [2.75, 3.05) is 6.54 Å². The van der Waals surface area contributed by atoms with Crippen molar-refractivity contribution < 1.29 is 13.9 Å². The molecule has 126 valence electrons. The van der Waals surface area contributed by atoms with Gasteiger partial charge < -0.3 is 4.74 Å². The number of benzene rings is 1. The Morgan fingerprint density at radius 1 is 1.39 bits per heavy atom. The number of esters is 1. The molecule has 0 bridgehead atoms. The van der Waals surface area contributed by atoms with E-state index in [1.54, 1.807) is 6.07 Å². The number of hydrogen-bond acceptors (Lipinski definition) is 3. The third kappa shape index (κ3) is 3.32. The molecule has 0 spiro atoms. The number of nitrogens with zero attached hydrogens (tertiary/aromatic N) is 1. The first-order valence-corrected chi connectivity index (χ1v) is 8.75. The van der Waals surface area contributed by atoms with Crippen molar-refractivity contribution in [3.8, 4) is 0 Å². The summed E-state index contributed by atoms with van der Waals surface area (Å²) in [7, 11) is 0. The van der Waals surface area contributed by atoms with Gasteiger partial charge in [-0.2, -0.15) is 0 Å². The van der Waals surface area contributed by atoms with Crippen LogP contribution in [-0.4, -0.2) is 33.0 Å². The van der Waals surface area contributed by atoms with Gasteiger partial charge in [0.2, 0.25) is 10.0 Å². The predicted octanol–water partition coefficient (Wildman–Crippen LogP) is 4.24. The van der Waals surface area contributed by atoms with E-state index >= 15 is 0 Å². The van der Waals surface area contributed by atoms with Crippen molar-refractivity contribution >= 4 is 40.8 Å². The first kappa shape index (κ1) is 17.3. The van der Waals surface area contributed by atoms with Crippen LogP contribution in [0.3, 0.4) is 0 Å². The minimum Gasteiger partial charge on any atom is -0.440 e. The zero-order valence-electron chi connectivity index (χ0n) is 12.4. The quantitative estimate of drug-likeness (QED) is 0.578. The van der Waals surface area contributed by atoms with Crippen molar-refractivity contribution in [2.45, 2.75) is 47.7 Å². The van der Waals surface area contributed by atoms with Gasteiger partial charge in [-0.25, -0.2) is 14.1 Å². The number of aryl methyl sites for hydroxylation is 1. The summed E-state index contributed by atoms with van der Waals surface area (Å²) >= 11 is 17.9. The maximum absolute atomic E-state index is 13.2. The molecule has 3 nitrogen and oxygen atoms in total. The molecule has 2 aliphatic heterocycles. The lowest BCUT2D eigenvalue weighted by Crippen LogP contribution is -2.49. The summed E-state index contributed by atoms with van der Waals surface area (Å²) in [5.74, 6) is -0.565. The van der Waals surface area contributed by atoms with Crippen LogP contribution < -0.4 is 0 Å². The SMILES string of the molecule is O=C1O[C@H](C(Cl)(Cl)Cl)N2CCC[C@@]12CCCc1cccc(F)c1. The largest absolute Gasteiger partial charge is 0.440 e. The third-order valence-corrected chi connectivity index (χ3v) is 5.21. The molecule has 0 N–H and O–H groups in total. The molecule has 23 heavy (non-hydrogen) atoms. The molecular formula is C16H17Cl3FNO2. The summed E-state index contributed by atoms with van der Waals surface area (Å²) < 4.78 is 16.9. The van der Waals surface area contributed by atoms with E-state index in [-0.39, 0.29) is 11.8 Å². The van der Waals surface area contributed by atoms with Crippen LogP contribution in [0, 0.1) is 5.82 Å². The first-order valence-electron chi connectivity index (χ1n) is 7.62. The van der Waals surface area contributed by atoms with Gasteiger partial charge in [0.25, 0.3) is 0 Å². The Kier molecular flexibility index (Phi) is 4.81. The zero-order chi connectivity index (χ0) is 16.7. The lowest BCUT2D eigenvalue weighted by atomic mass is 9.89. The summed E-state index contributed by atoms with van der Waals surface area (Å²) in [5.41, 5.74) is 0.206. The fourth-order valence-corrected chi connectivity index (χ4v) is 4.11. The van der Waals surface area contributed by atoms with E-state index in [1.165, 1.54) is 12.1 Å². The van der Waals surface area contributed by atoms with Crippen LogP contribution in [0.2, 0.25) is 0 Å². The van der Waals surface area contributed by atoms with Gasteiger partial charge >= 0.3 is 5.97 Å². The second-order valence-electron chi connectivity index (χ2n) is 6.11. The molecule has 0 radical (unpaired) electrons. The molecule has 1 aromatic carbocycles. The van der Waals surface area contributed by atoms with Gasteiger partial charge in [0.1, 0.15) is 11.4 Å². The average Bonchev–Trinajstić information content (AvgIpc) is 2.98. The smallest absolute Gasteiger partial charge is 0.328 e. The van der Waals surface area contributed by atoms with E-state index in [2.05, 4.69) is 0 Å². The number of halogens is 4. The zero-order valence-corrected chi connectivity index (χ0v) is 14.7. The standard InChI is InChI=1S/C16H17Cl3FNO2/c17-16(18,19)13-21-9-3-8-15(21,14(22)23-13)7-2-5-11-4-1-6-12(20)10-11/h1,4,6,10,13H,2-3,5,7-9H2/t13-,15+/m1/s1. The molecular weight excluding hydrogens is 364 g/mol. The van der Waals surface area contributed by atoms with Gasteiger partial charge in [-0.15, -0.1) is 0 Å². The average molecular weight is 381 g/mol. The molecule has 1 aromatic rings. The molecule has 2 fully saturated rings. The minimum absolute atomic E-state index is 0.250. The molecule has 3 rings (SSSR count). The Morgan fingerprint density at radius 2 is 2.17 bits per heavy atom. The van der Waals surface area contributed by atoms with Crippen molar-refractivity contribution in [1.29, 1.82) is 0 Å². The van der Waals surface area contributed by atoms with Gasteiger partial charge in [-0.3, -0.25) is 0 Å². The van der Waals surface area contributed by atoms with Crippen molar-refractivity contribution in [3.63, 3.8) is 0 Å². The summed E-state index contributed by atoms with van der Waals surface area (Å²) in [6.45, 7) is 0.671. The Morgan fingerprint density at radius 3 is 2.87 bits per heavy atom. The van der Waals surface area contributed by atoms with Gasteiger partial charge in [-0.1, -0.05) is 46.9 Å². The molecule has 0 saturated carbocycles. The molecule has 0 aromatic heterocycles. The normalized spacial score (nSPS) is 28.0. The lowest BCUT2D eigenvalue weighted by Gasteiger charge is -2.32. The summed E-state index contributed by atoms with van der Waals surface area (Å²) in [4.78, 5) is 14.3. The van der Waals surface area contributed by atoms with Crippen LogP contribution in [-0.2, 0) is 16.0 Å². The number of carbonyl (C=O) groups excluding carboxylic acids is 1. The maximum atomic E-state index is 13.2. The van der Waals surface area contributed by atoms with Crippen LogP contribution >= 0.6 is 34.8 Å². The molecule has 0 aliphatic carbocycles. The number of alkyl halides is 3. The number of carbonyl (C=O) groups is 1. The Hall–Kier alpha value is -0.550. The number of fused-ring (bicyclic) bond motifs is 1. The van der Waals surface area contributed by atoms with Crippen LogP contribution in [0.15, 0.2) is 24.3 Å². The first-order chi connectivity index (χ1) is 10.8. The molecule has 2 aliphatic rings. The fourth-order valence-electron chi connectivity index (χ4n) is 3.63. The highest BCUT2D eigenvalue weighted by atomic mass is 35.6. The van der Waals surface area contributed by atoms with Crippen molar-refractivity contribution in [2.24, 2.45) is 0 Å². The Bertz CT molecular complexity index is 607. The van der Waals surface area contributed by atoms with E-state index in [0.717, 1.165) is 18.4 Å². The molecule has 2 atom stereocenters. The molecule has 2 heterocycles. The Labute approximate surface area is 149 Å². The number of ether oxygens (including phenoxy) is 1. The van der Waals surface area contributed by atoms with E-state index in [0.29, 0.717) is 25.8 Å². The number of hydrogen-bond donors (Lipinski definition) is 0. The number of cyclic esters (lactones) is 1. The summed E-state index contributed by atoms with van der Waals surface area (Å²) in [6, 6.07) is 6.50. The summed E-state index contributed by atoms with van der Waals surface area (Å²) in [6.07, 6.45) is 2.77. The molecule has 0 amide bonds. The highest BCUT2D eigenvalue weighted by Crippen LogP contribution is 2.48. The summed E-state index contributed by atoms with van der Waals surface area (Å²) in [5, 5.41) is 0. The highest BCUT2D eigenvalue weighted by Gasteiger charge is 2.61. The molecule has 0 unspecified atom stereocenters. The molecule has 2 saturated heterocycles. The lowest BCUT2D eigenvalue weighted by molar-refractivity contribution is -0.145. The number of rotatable bonds is 4. The monoisotopic (exact) mass is 379 g/mol. The maximum Gasteiger partial charge on any atom is 0.328 e. The van der Waals surface area contributed by atoms with Gasteiger partial charge in [0, 0.05) is 6.54 Å². The van der Waals surface area contributed by atoms with E-state index in [1.807, 2.05) is 11.0 Å². The van der Waals surface area contributed by atoms with Gasteiger partial charge in [0.05, 0.1) is 0 Å². The van der Waals surface area contributed by atoms with Gasteiger partial charge in [-0.05, 0) is 49.8 Å². The van der Waals surface area contributed by atoms with E-state index in [9.17, 15) is 9.18 Å². The van der Waals surface area contributed by atoms with Crippen LogP contribution in [0.5, 0.6) is 0 Å². The Balaban J connectivity index is 1.69. The van der Waals surface area contributed by atoms with Crippen LogP contribution in [0.25, 0.3) is 0 Å². The van der Waals surface area contributed by atoms with Crippen molar-refractivity contribution in [3.05, 3.63) is 35.6 Å². The highest BCUT2D eigenvalue weighted by molar-refractivity contribution is 6.68. The van der Waals surface area contributed by atoms with E-state index < -0.39 is 15.6 Å². The van der Waals surface area contributed by atoms with Crippen molar-refractivity contribution in [1.82, 2.24) is 4.90 Å².